The Morgan fingerprint density at radius 3 is 1.84 bits per heavy atom. The molecule has 0 aliphatic heterocycles. The molecule has 0 atom stereocenters. The number of benzene rings is 2. The van der Waals surface area contributed by atoms with E-state index in [9.17, 15) is 64.8 Å². The average Bonchev–Trinajstić information content (AvgIpc) is 3.15. The van der Waals surface area contributed by atoms with Gasteiger partial charge in [-0.25, -0.2) is 14.4 Å². The van der Waals surface area contributed by atoms with Gasteiger partial charge in [0.15, 0.2) is 11.4 Å². The van der Waals surface area contributed by atoms with E-state index in [0.29, 0.717) is 25.7 Å². The largest absolute Gasteiger partial charge is 0.494 e. The number of carboxylic acid groups (broad SMARTS) is 3. The molecule has 0 radical (unpaired) electrons. The third-order valence-corrected chi connectivity index (χ3v) is 8.37. The second kappa shape index (κ2) is 17.7. The molecule has 4 rings (SSSR count). The molecule has 2 aromatic carbocycles. The number of aromatic carboxylic acids is 3. The lowest BCUT2D eigenvalue weighted by atomic mass is 10.1. The lowest BCUT2D eigenvalue weighted by Gasteiger charge is -2.13. The summed E-state index contributed by atoms with van der Waals surface area (Å²) in [6.45, 7) is 2.83. The van der Waals surface area contributed by atoms with Gasteiger partial charge in [-0.15, -0.1) is 20.5 Å². The highest BCUT2D eigenvalue weighted by Gasteiger charge is 2.21. The Balaban J connectivity index is 1.40. The Hall–Kier alpha value is -8.00. The summed E-state index contributed by atoms with van der Waals surface area (Å²) in [6, 6.07) is 10.1. The number of nitrogens with zero attached hydrogens (tertiary/aromatic N) is 7. The number of pyridine rings is 2. The number of nitriles is 2. The number of unbranched alkanes of at least 4 members (excludes halogenated alkanes) is 3. The summed E-state index contributed by atoms with van der Waals surface area (Å²) in [7, 11) is 0. The van der Waals surface area contributed by atoms with E-state index in [-0.39, 0.29) is 80.3 Å². The van der Waals surface area contributed by atoms with Crippen LogP contribution in [0.1, 0.15) is 89.4 Å². The minimum absolute atomic E-state index is 0.00423. The van der Waals surface area contributed by atoms with Gasteiger partial charge in [-0.3, -0.25) is 23.9 Å². The summed E-state index contributed by atoms with van der Waals surface area (Å²) >= 11 is 0. The highest BCUT2D eigenvalue weighted by atomic mass is 16.4. The number of carboxylic acids is 3. The van der Waals surface area contributed by atoms with E-state index in [2.05, 4.69) is 30.8 Å². The van der Waals surface area contributed by atoms with E-state index in [4.69, 9.17) is 0 Å². The number of aromatic nitrogens is 2. The van der Waals surface area contributed by atoms with Gasteiger partial charge in [0.1, 0.15) is 34.6 Å². The van der Waals surface area contributed by atoms with Gasteiger partial charge in [0.05, 0.1) is 16.7 Å². The number of nitrogens with one attached hydrogen (secondary N) is 2. The molecule has 1 amide bonds. The number of H-pyrrole nitrogens is 1. The quantitative estimate of drug-likeness (QED) is 0.0603. The molecule has 2 heterocycles. The lowest BCUT2D eigenvalue weighted by Crippen LogP contribution is -2.24. The van der Waals surface area contributed by atoms with Crippen LogP contribution >= 0.6 is 0 Å². The number of aromatic amines is 1. The average molecular weight is 766 g/mol. The Labute approximate surface area is 315 Å². The van der Waals surface area contributed by atoms with Crippen LogP contribution in [0, 0.1) is 36.5 Å². The van der Waals surface area contributed by atoms with E-state index in [0.717, 1.165) is 34.9 Å². The topological polar surface area (TPSA) is 333 Å². The standard InChI is InChI=1S/C36H31N9O11/c1-17-23(15-37)30(47)40-31(48)27(17)43-41-25-13-19(7-9-21(25)35(53)54)29(46)39-11-5-3-4-6-12-45-32(49)24(16-38)18(2)28(33(45)50)44-42-26-14-20(34(51)52)8-10-22(26)36(55)56/h7-10,13-14,49H,3-6,11-12H2,1-2H3,(H,39,46)(H,51,52)(H,53,54)(H,55,56)(H2,40,47,48). The number of amides is 1. The predicted molar refractivity (Wildman–Crippen MR) is 193 cm³/mol. The van der Waals surface area contributed by atoms with Crippen LogP contribution in [0.2, 0.25) is 0 Å². The van der Waals surface area contributed by atoms with Crippen LogP contribution in [0.25, 0.3) is 0 Å². The van der Waals surface area contributed by atoms with E-state index in [1.807, 2.05) is 0 Å². The maximum Gasteiger partial charge on any atom is 0.337 e. The molecule has 286 valence electrons. The zero-order valence-corrected chi connectivity index (χ0v) is 29.5. The number of aromatic hydroxyl groups is 2. The van der Waals surface area contributed by atoms with Gasteiger partial charge in [-0.2, -0.15) is 10.5 Å². The molecule has 0 saturated heterocycles. The number of rotatable bonds is 15. The van der Waals surface area contributed by atoms with Crippen molar-refractivity contribution in [3.63, 3.8) is 0 Å². The molecule has 0 spiro atoms. The van der Waals surface area contributed by atoms with E-state index in [1.165, 1.54) is 19.9 Å². The summed E-state index contributed by atoms with van der Waals surface area (Å²) in [5.74, 6) is -6.00. The highest BCUT2D eigenvalue weighted by molar-refractivity contribution is 5.99. The Kier molecular flexibility index (Phi) is 12.9. The molecule has 0 fully saturated rings. The maximum atomic E-state index is 13.3. The van der Waals surface area contributed by atoms with Gasteiger partial charge in [-0.1, -0.05) is 12.8 Å². The summed E-state index contributed by atoms with van der Waals surface area (Å²) in [5, 5.41) is 85.7. The number of azo groups is 2. The van der Waals surface area contributed by atoms with Crippen molar-refractivity contribution in [2.75, 3.05) is 6.54 Å². The molecule has 0 aliphatic carbocycles. The summed E-state index contributed by atoms with van der Waals surface area (Å²) in [6.07, 6.45) is 1.84. The molecule has 20 nitrogen and oxygen atoms in total. The van der Waals surface area contributed by atoms with Crippen molar-refractivity contribution in [2.45, 2.75) is 46.1 Å². The third kappa shape index (κ3) is 8.95. The minimum Gasteiger partial charge on any atom is -0.494 e. The van der Waals surface area contributed by atoms with Gasteiger partial charge in [0.2, 0.25) is 11.8 Å². The molecule has 56 heavy (non-hydrogen) atoms. The number of hydrogen-bond acceptors (Lipinski definition) is 14. The monoisotopic (exact) mass is 765 g/mol. The fourth-order valence-corrected chi connectivity index (χ4v) is 5.34. The number of hydrogen-bond donors (Lipinski definition) is 7. The summed E-state index contributed by atoms with van der Waals surface area (Å²) in [4.78, 5) is 75.4. The minimum atomic E-state index is -1.42. The predicted octanol–water partition coefficient (Wildman–Crippen LogP) is 5.22. The molecule has 0 bridgehead atoms. The van der Waals surface area contributed by atoms with E-state index < -0.39 is 46.7 Å². The molecule has 0 unspecified atom stereocenters. The maximum absolute atomic E-state index is 13.3. The molecule has 4 aromatic rings. The second-order valence-electron chi connectivity index (χ2n) is 12.0. The molecule has 0 aliphatic rings. The van der Waals surface area contributed by atoms with Crippen molar-refractivity contribution in [1.29, 1.82) is 10.5 Å². The molecular formula is C36H31N9O11. The Bertz CT molecular complexity index is 2540. The fourth-order valence-electron chi connectivity index (χ4n) is 5.34. The first-order valence-corrected chi connectivity index (χ1v) is 16.4. The van der Waals surface area contributed by atoms with Crippen LogP contribution < -0.4 is 16.4 Å². The van der Waals surface area contributed by atoms with Gasteiger partial charge < -0.3 is 30.8 Å². The first-order chi connectivity index (χ1) is 26.6. The highest BCUT2D eigenvalue weighted by Crippen LogP contribution is 2.30. The molecule has 20 heteroatoms. The normalized spacial score (nSPS) is 11.0. The first-order valence-electron chi connectivity index (χ1n) is 16.4. The van der Waals surface area contributed by atoms with Crippen molar-refractivity contribution in [3.05, 3.63) is 102 Å². The first kappa shape index (κ1) is 40.8. The number of carbonyl (C=O) groups is 4. The van der Waals surface area contributed by atoms with Crippen LogP contribution in [0.4, 0.5) is 22.7 Å². The zero-order chi connectivity index (χ0) is 41.3. The van der Waals surface area contributed by atoms with Crippen LogP contribution in [0.3, 0.4) is 0 Å². The third-order valence-electron chi connectivity index (χ3n) is 8.37. The van der Waals surface area contributed by atoms with Crippen molar-refractivity contribution in [2.24, 2.45) is 20.5 Å². The van der Waals surface area contributed by atoms with Gasteiger partial charge in [0.25, 0.3) is 17.0 Å². The van der Waals surface area contributed by atoms with E-state index >= 15 is 0 Å². The van der Waals surface area contributed by atoms with Crippen LogP contribution in [0.5, 0.6) is 11.8 Å². The van der Waals surface area contributed by atoms with Crippen molar-refractivity contribution in [3.8, 4) is 23.9 Å². The SMILES string of the molecule is Cc1c(C#N)c(O)[nH]c(=O)c1N=Nc1cc(C(=O)NCCCCCCn2c(O)c(C#N)c(C)c(N=Nc3cc(C(=O)O)ccc3C(=O)O)c2=O)ccc1C(=O)O. The van der Waals surface area contributed by atoms with Gasteiger partial charge in [-0.05, 0) is 63.1 Å². The fraction of sp³-hybridized carbons (Fsp3) is 0.222. The Morgan fingerprint density at radius 1 is 0.732 bits per heavy atom. The Morgan fingerprint density at radius 2 is 1.27 bits per heavy atom. The van der Waals surface area contributed by atoms with E-state index in [1.54, 1.807) is 12.1 Å². The van der Waals surface area contributed by atoms with Crippen LogP contribution in [-0.4, -0.2) is 65.4 Å². The van der Waals surface area contributed by atoms with Gasteiger partial charge in [0, 0.05) is 29.8 Å². The molecule has 7 N–H and O–H groups in total. The van der Waals surface area contributed by atoms with Crippen molar-refractivity contribution in [1.82, 2.24) is 14.9 Å². The molecule has 0 saturated carbocycles. The zero-order valence-electron chi connectivity index (χ0n) is 29.5. The van der Waals surface area contributed by atoms with Crippen molar-refractivity contribution < 1.29 is 44.7 Å². The van der Waals surface area contributed by atoms with Crippen LogP contribution in [0.15, 0.2) is 66.4 Å². The summed E-state index contributed by atoms with van der Waals surface area (Å²) in [5.41, 5.74) is -4.52. The van der Waals surface area contributed by atoms with Gasteiger partial charge >= 0.3 is 17.9 Å². The number of carbonyl (C=O) groups excluding carboxylic acids is 1. The van der Waals surface area contributed by atoms with Crippen LogP contribution in [-0.2, 0) is 6.54 Å². The smallest absolute Gasteiger partial charge is 0.337 e. The second-order valence-corrected chi connectivity index (χ2v) is 12.0. The van der Waals surface area contributed by atoms with Crippen molar-refractivity contribution >= 4 is 46.6 Å². The molecule has 2 aromatic heterocycles. The molecular weight excluding hydrogens is 734 g/mol. The lowest BCUT2D eigenvalue weighted by molar-refractivity contribution is 0.0682. The summed E-state index contributed by atoms with van der Waals surface area (Å²) < 4.78 is 0.921.